The van der Waals surface area contributed by atoms with E-state index < -0.39 is 5.41 Å². The maximum Gasteiger partial charge on any atom is 0.174 e. The lowest BCUT2D eigenvalue weighted by atomic mass is 9.64. The molecule has 5 nitrogen and oxygen atoms in total. The summed E-state index contributed by atoms with van der Waals surface area (Å²) >= 11 is 1.84. The lowest BCUT2D eigenvalue weighted by Crippen LogP contribution is -2.36. The molecule has 0 fully saturated rings. The fourth-order valence-corrected chi connectivity index (χ4v) is 13.7. The Bertz CT molecular complexity index is 4370. The van der Waals surface area contributed by atoms with Crippen molar-refractivity contribution < 1.29 is 8.83 Å². The van der Waals surface area contributed by atoms with Crippen LogP contribution < -0.4 is 4.90 Å². The molecule has 16 rings (SSSR count). The zero-order valence-corrected chi connectivity index (χ0v) is 43.4. The lowest BCUT2D eigenvalue weighted by molar-refractivity contribution is 0.525. The summed E-state index contributed by atoms with van der Waals surface area (Å²) in [5, 5.41) is 2.46. The summed E-state index contributed by atoms with van der Waals surface area (Å²) < 4.78 is 15.2. The van der Waals surface area contributed by atoms with Crippen LogP contribution >= 0.6 is 11.3 Å². The lowest BCUT2D eigenvalue weighted by Gasteiger charge is -2.44. The zero-order chi connectivity index (χ0) is 52.0. The largest absolute Gasteiger partial charge is 0.461 e. The van der Waals surface area contributed by atoms with Gasteiger partial charge in [-0.15, -0.1) is 11.3 Å². The molecule has 2 aliphatic rings. The van der Waals surface area contributed by atoms with Crippen molar-refractivity contribution in [1.82, 2.24) is 9.97 Å². The van der Waals surface area contributed by atoms with Crippen LogP contribution in [0.2, 0.25) is 0 Å². The van der Waals surface area contributed by atoms with Crippen molar-refractivity contribution in [2.45, 2.75) is 5.41 Å². The van der Waals surface area contributed by atoms with E-state index in [-0.39, 0.29) is 0 Å². The van der Waals surface area contributed by atoms with Gasteiger partial charge in [0.1, 0.15) is 0 Å². The second-order valence-electron chi connectivity index (χ2n) is 20.4. The molecule has 0 bridgehead atoms. The van der Waals surface area contributed by atoms with Crippen LogP contribution in [0.1, 0.15) is 22.3 Å². The number of anilines is 3. The third kappa shape index (κ3) is 7.15. The first-order valence-corrected chi connectivity index (χ1v) is 27.5. The molecule has 370 valence electrons. The Hall–Kier alpha value is -10.1. The summed E-state index contributed by atoms with van der Waals surface area (Å²) in [6, 6.07) is 93.7. The molecular formula is C73H45N3O2S. The molecule has 5 heterocycles. The Balaban J connectivity index is 0.937. The molecule has 79 heavy (non-hydrogen) atoms. The number of benzene rings is 10. The molecule has 14 aromatic rings. The predicted octanol–water partition coefficient (Wildman–Crippen LogP) is 19.8. The molecule has 1 spiro atoms. The van der Waals surface area contributed by atoms with E-state index in [0.29, 0.717) is 5.82 Å². The third-order valence-electron chi connectivity index (χ3n) is 16.0. The van der Waals surface area contributed by atoms with Gasteiger partial charge >= 0.3 is 0 Å². The van der Waals surface area contributed by atoms with Crippen LogP contribution in [0.4, 0.5) is 17.1 Å². The number of hydrogen-bond acceptors (Lipinski definition) is 6. The van der Waals surface area contributed by atoms with Gasteiger partial charge < -0.3 is 13.7 Å². The summed E-state index contributed by atoms with van der Waals surface area (Å²) in [6.45, 7) is 0. The highest BCUT2D eigenvalue weighted by atomic mass is 32.1. The van der Waals surface area contributed by atoms with Crippen LogP contribution in [0.5, 0.6) is 0 Å². The summed E-state index contributed by atoms with van der Waals surface area (Å²) in [5.41, 5.74) is 20.4. The van der Waals surface area contributed by atoms with E-state index in [9.17, 15) is 0 Å². The second kappa shape index (κ2) is 18.0. The fourth-order valence-electron chi connectivity index (χ4n) is 12.6. The van der Waals surface area contributed by atoms with E-state index in [0.717, 1.165) is 118 Å². The molecule has 1 aliphatic carbocycles. The van der Waals surface area contributed by atoms with Crippen LogP contribution in [0.25, 0.3) is 110 Å². The summed E-state index contributed by atoms with van der Waals surface area (Å²) in [5.74, 6) is 2.17. The van der Waals surface area contributed by atoms with Gasteiger partial charge in [-0.2, -0.15) is 0 Å². The number of furan rings is 2. The van der Waals surface area contributed by atoms with Gasteiger partial charge in [-0.3, -0.25) is 0 Å². The van der Waals surface area contributed by atoms with Crippen LogP contribution in [0, 0.1) is 0 Å². The first-order valence-electron chi connectivity index (χ1n) is 26.7. The summed E-state index contributed by atoms with van der Waals surface area (Å²) in [7, 11) is 0. The van der Waals surface area contributed by atoms with Gasteiger partial charge in [-0.1, -0.05) is 170 Å². The second-order valence-corrected chi connectivity index (χ2v) is 21.5. The van der Waals surface area contributed by atoms with Crippen molar-refractivity contribution in [1.29, 1.82) is 0 Å². The van der Waals surface area contributed by atoms with Crippen LogP contribution in [-0.2, 0) is 5.41 Å². The van der Waals surface area contributed by atoms with E-state index in [4.69, 9.17) is 18.8 Å². The Labute approximate surface area is 460 Å². The minimum absolute atomic E-state index is 0.621. The number of hydrogen-bond donors (Lipinski definition) is 0. The average molecular weight is 1030 g/mol. The van der Waals surface area contributed by atoms with Crippen LogP contribution in [0.15, 0.2) is 282 Å². The molecule has 0 N–H and O–H groups in total. The smallest absolute Gasteiger partial charge is 0.174 e. The quantitative estimate of drug-likeness (QED) is 0.152. The zero-order valence-electron chi connectivity index (χ0n) is 42.5. The van der Waals surface area contributed by atoms with E-state index in [1.807, 2.05) is 23.9 Å². The molecule has 10 aromatic carbocycles. The van der Waals surface area contributed by atoms with Gasteiger partial charge in [0, 0.05) is 59.2 Å². The molecule has 6 heteroatoms. The van der Waals surface area contributed by atoms with E-state index in [1.165, 1.54) is 25.7 Å². The van der Waals surface area contributed by atoms with Crippen molar-refractivity contribution in [2.75, 3.05) is 4.90 Å². The first-order chi connectivity index (χ1) is 39.1. The monoisotopic (exact) mass is 1030 g/mol. The number of thiophene rings is 1. The molecule has 0 unspecified atom stereocenters. The first kappa shape index (κ1) is 45.1. The van der Waals surface area contributed by atoms with E-state index >= 15 is 0 Å². The number of aromatic nitrogens is 2. The number of nitrogens with zero attached hydrogens (tertiary/aromatic N) is 3. The van der Waals surface area contributed by atoms with Crippen LogP contribution in [0.3, 0.4) is 0 Å². The molecule has 0 radical (unpaired) electrons. The molecule has 4 aromatic heterocycles. The maximum absolute atomic E-state index is 6.36. The predicted molar refractivity (Wildman–Crippen MR) is 323 cm³/mol. The topological polar surface area (TPSA) is 55.3 Å². The van der Waals surface area contributed by atoms with Crippen molar-refractivity contribution in [3.05, 3.63) is 296 Å². The number of rotatable bonds is 8. The molecule has 0 amide bonds. The van der Waals surface area contributed by atoms with Crippen LogP contribution in [-0.4, -0.2) is 9.97 Å². The molecule has 0 saturated carbocycles. The summed E-state index contributed by atoms with van der Waals surface area (Å²) in [4.78, 5) is 13.7. The number of para-hydroxylation sites is 1. The SMILES string of the molecule is c1ccc(-c2cc(-c3ccccc3)cc(-c3cc(-c4cc(-c5ccccc5)cc(-c5ccccc5)c4)nc(-c4cccc(N5c6ccccc6C6(c7ccoc7-c7occc76)c6c5ccc5sc7ccccc7c65)c4)n3)c2)cc1. The fraction of sp³-hybridized carbons (Fsp3) is 0.0137. The minimum atomic E-state index is -0.722. The highest BCUT2D eigenvalue weighted by molar-refractivity contribution is 7.25. The Kier molecular flexibility index (Phi) is 10.3. The standard InChI is InChI=1S/C73H45N3O2S/c1-5-18-46(19-6-1)51-38-52(47-20-7-2-8-21-47)41-55(40-51)62-45-63(56-42-53(48-22-9-3-10-23-48)39-54(43-56)49-24-11-4-12-25-49)75-72(74-62)50-26-17-27-57(44-50)76-64-30-15-14-29-59(64)73(60-34-36-77-70(60)71-61(73)35-37-78-71)69-65(76)32-33-67-68(69)58-28-13-16-31-66(58)79-67/h1-45H. The van der Waals surface area contributed by atoms with Gasteiger partial charge in [0.2, 0.25) is 0 Å². The Morgan fingerprint density at radius 2 is 0.823 bits per heavy atom. The van der Waals surface area contributed by atoms with Crippen molar-refractivity contribution in [3.8, 4) is 89.9 Å². The highest BCUT2D eigenvalue weighted by Crippen LogP contribution is 2.66. The van der Waals surface area contributed by atoms with E-state index in [1.54, 1.807) is 0 Å². The van der Waals surface area contributed by atoms with Gasteiger partial charge in [0.05, 0.1) is 40.7 Å². The van der Waals surface area contributed by atoms with Gasteiger partial charge in [0.25, 0.3) is 0 Å². The van der Waals surface area contributed by atoms with E-state index in [2.05, 4.69) is 266 Å². The van der Waals surface area contributed by atoms with Gasteiger partial charge in [0.15, 0.2) is 17.3 Å². The minimum Gasteiger partial charge on any atom is -0.461 e. The molecule has 1 aliphatic heterocycles. The van der Waals surface area contributed by atoms with Gasteiger partial charge in [-0.25, -0.2) is 9.97 Å². The van der Waals surface area contributed by atoms with Crippen molar-refractivity contribution in [2.24, 2.45) is 0 Å². The Morgan fingerprint density at radius 1 is 0.342 bits per heavy atom. The molecule has 0 saturated heterocycles. The highest BCUT2D eigenvalue weighted by Gasteiger charge is 2.55. The number of fused-ring (bicyclic) bond motifs is 13. The Morgan fingerprint density at radius 3 is 1.38 bits per heavy atom. The van der Waals surface area contributed by atoms with Crippen molar-refractivity contribution >= 4 is 48.6 Å². The normalized spacial score (nSPS) is 12.9. The average Bonchev–Trinajstić information content (AvgIpc) is 4.07. The van der Waals surface area contributed by atoms with Gasteiger partial charge in [-0.05, 0) is 141 Å². The third-order valence-corrected chi connectivity index (χ3v) is 17.1. The van der Waals surface area contributed by atoms with Crippen molar-refractivity contribution in [3.63, 3.8) is 0 Å². The molecule has 0 atom stereocenters. The maximum atomic E-state index is 6.36. The summed E-state index contributed by atoms with van der Waals surface area (Å²) in [6.07, 6.45) is 3.62. The molecular weight excluding hydrogens is 983 g/mol.